The minimum Gasteiger partial charge on any atom is -0.468 e. The summed E-state index contributed by atoms with van der Waals surface area (Å²) in [5.41, 5.74) is 1.38. The Labute approximate surface area is 105 Å². The highest BCUT2D eigenvalue weighted by Gasteiger charge is 2.10. The molecule has 2 aromatic rings. The number of H-pyrrole nitrogens is 1. The van der Waals surface area contributed by atoms with E-state index in [9.17, 15) is 4.79 Å². The molecule has 2 rings (SSSR count). The lowest BCUT2D eigenvalue weighted by atomic mass is 10.2. The number of carbonyl (C=O) groups is 1. The highest BCUT2D eigenvalue weighted by Crippen LogP contribution is 2.13. The van der Waals surface area contributed by atoms with Crippen LogP contribution in [0.5, 0.6) is 0 Å². The van der Waals surface area contributed by atoms with Crippen LogP contribution < -0.4 is 5.32 Å². The molecule has 0 radical (unpaired) electrons. The van der Waals surface area contributed by atoms with Gasteiger partial charge in [-0.1, -0.05) is 0 Å². The van der Waals surface area contributed by atoms with Gasteiger partial charge >= 0.3 is 5.97 Å². The Morgan fingerprint density at radius 1 is 1.50 bits per heavy atom. The number of methoxy groups -OCH3 is 1. The first kappa shape index (κ1) is 12.4. The Hall–Kier alpha value is -2.01. The van der Waals surface area contributed by atoms with Crippen molar-refractivity contribution in [3.63, 3.8) is 0 Å². The van der Waals surface area contributed by atoms with E-state index in [2.05, 4.69) is 15.0 Å². The molecule has 0 amide bonds. The minimum absolute atomic E-state index is 0.116. The molecule has 5 heteroatoms. The summed E-state index contributed by atoms with van der Waals surface area (Å²) in [6, 6.07) is 7.46. The Bertz CT molecular complexity index is 502. The molecule has 2 aromatic heterocycles. The lowest BCUT2D eigenvalue weighted by Crippen LogP contribution is -2.17. The van der Waals surface area contributed by atoms with Gasteiger partial charge in [0, 0.05) is 12.2 Å². The molecule has 1 atom stereocenters. The van der Waals surface area contributed by atoms with Gasteiger partial charge in [-0.3, -0.25) is 0 Å². The largest absolute Gasteiger partial charge is 0.468 e. The predicted octanol–water partition coefficient (Wildman–Crippen LogP) is 2.25. The van der Waals surface area contributed by atoms with E-state index in [0.717, 1.165) is 11.5 Å². The van der Waals surface area contributed by atoms with Gasteiger partial charge in [-0.15, -0.1) is 0 Å². The predicted molar refractivity (Wildman–Crippen MR) is 66.1 cm³/mol. The molecule has 0 bridgehead atoms. The third kappa shape index (κ3) is 2.81. The van der Waals surface area contributed by atoms with Gasteiger partial charge < -0.3 is 19.5 Å². The summed E-state index contributed by atoms with van der Waals surface area (Å²) in [6.07, 6.45) is 1.65. The van der Waals surface area contributed by atoms with Crippen LogP contribution in [0.2, 0.25) is 0 Å². The second-order valence-corrected chi connectivity index (χ2v) is 4.01. The van der Waals surface area contributed by atoms with Crippen LogP contribution in [-0.2, 0) is 11.3 Å². The highest BCUT2D eigenvalue weighted by molar-refractivity contribution is 5.87. The van der Waals surface area contributed by atoms with E-state index in [1.807, 2.05) is 25.1 Å². The fourth-order valence-corrected chi connectivity index (χ4v) is 1.67. The van der Waals surface area contributed by atoms with Gasteiger partial charge in [0.05, 0.1) is 19.4 Å². The number of ether oxygens (including phenoxy) is 1. The summed E-state index contributed by atoms with van der Waals surface area (Å²) in [4.78, 5) is 14.3. The number of nitrogens with one attached hydrogen (secondary N) is 2. The Morgan fingerprint density at radius 2 is 2.33 bits per heavy atom. The van der Waals surface area contributed by atoms with Crippen LogP contribution in [0.15, 0.2) is 34.9 Å². The van der Waals surface area contributed by atoms with E-state index < -0.39 is 0 Å². The van der Waals surface area contributed by atoms with Crippen LogP contribution in [0.25, 0.3) is 0 Å². The number of carbonyl (C=O) groups excluding carboxylic acids is 1. The van der Waals surface area contributed by atoms with Gasteiger partial charge in [0.2, 0.25) is 0 Å². The van der Waals surface area contributed by atoms with Crippen LogP contribution in [0.1, 0.15) is 34.9 Å². The van der Waals surface area contributed by atoms with E-state index in [1.54, 1.807) is 12.3 Å². The highest BCUT2D eigenvalue weighted by atomic mass is 16.5. The number of hydrogen-bond acceptors (Lipinski definition) is 4. The van der Waals surface area contributed by atoms with Gasteiger partial charge in [0.15, 0.2) is 0 Å². The third-order valence-corrected chi connectivity index (χ3v) is 2.72. The molecule has 0 saturated heterocycles. The van der Waals surface area contributed by atoms with E-state index in [1.165, 1.54) is 7.11 Å². The monoisotopic (exact) mass is 248 g/mol. The van der Waals surface area contributed by atoms with Crippen LogP contribution >= 0.6 is 0 Å². The summed E-state index contributed by atoms with van der Waals surface area (Å²) in [5, 5.41) is 3.29. The van der Waals surface area contributed by atoms with Crippen molar-refractivity contribution in [1.82, 2.24) is 10.3 Å². The van der Waals surface area contributed by atoms with Crippen molar-refractivity contribution in [3.05, 3.63) is 47.7 Å². The van der Waals surface area contributed by atoms with Gasteiger partial charge in [-0.25, -0.2) is 4.79 Å². The van der Waals surface area contributed by atoms with E-state index in [0.29, 0.717) is 12.2 Å². The van der Waals surface area contributed by atoms with Crippen LogP contribution in [0, 0.1) is 0 Å². The summed E-state index contributed by atoms with van der Waals surface area (Å²) >= 11 is 0. The van der Waals surface area contributed by atoms with Crippen molar-refractivity contribution in [2.75, 3.05) is 7.11 Å². The van der Waals surface area contributed by atoms with Crippen molar-refractivity contribution in [1.29, 1.82) is 0 Å². The molecular weight excluding hydrogens is 232 g/mol. The SMILES string of the molecule is COC(=O)c1ccc(CN[C@@H](C)c2ccco2)[nH]1. The quantitative estimate of drug-likeness (QED) is 0.796. The maximum atomic E-state index is 11.3. The summed E-state index contributed by atoms with van der Waals surface area (Å²) < 4.78 is 9.93. The first-order valence-corrected chi connectivity index (χ1v) is 5.73. The molecule has 0 saturated carbocycles. The van der Waals surface area contributed by atoms with Gasteiger partial charge in [-0.05, 0) is 31.2 Å². The first-order chi connectivity index (χ1) is 8.70. The van der Waals surface area contributed by atoms with Crippen LogP contribution in [0.3, 0.4) is 0 Å². The molecule has 0 aliphatic carbocycles. The second-order valence-electron chi connectivity index (χ2n) is 4.01. The molecule has 96 valence electrons. The molecule has 2 heterocycles. The number of hydrogen-bond donors (Lipinski definition) is 2. The summed E-state index contributed by atoms with van der Waals surface area (Å²) in [6.45, 7) is 2.64. The fourth-order valence-electron chi connectivity index (χ4n) is 1.67. The number of esters is 1. The number of aromatic amines is 1. The Kier molecular flexibility index (Phi) is 3.84. The molecule has 0 aliphatic rings. The van der Waals surface area contributed by atoms with Gasteiger partial charge in [0.1, 0.15) is 11.5 Å². The van der Waals surface area contributed by atoms with Crippen LogP contribution in [-0.4, -0.2) is 18.1 Å². The average Bonchev–Trinajstić information content (AvgIpc) is 3.05. The minimum atomic E-state index is -0.361. The molecule has 18 heavy (non-hydrogen) atoms. The smallest absolute Gasteiger partial charge is 0.354 e. The number of furan rings is 1. The topological polar surface area (TPSA) is 67.3 Å². The lowest BCUT2D eigenvalue weighted by Gasteiger charge is -2.10. The van der Waals surface area contributed by atoms with Gasteiger partial charge in [-0.2, -0.15) is 0 Å². The molecule has 0 fully saturated rings. The van der Waals surface area contributed by atoms with E-state index >= 15 is 0 Å². The molecule has 0 unspecified atom stereocenters. The molecule has 0 spiro atoms. The zero-order valence-electron chi connectivity index (χ0n) is 10.4. The third-order valence-electron chi connectivity index (χ3n) is 2.72. The summed E-state index contributed by atoms with van der Waals surface area (Å²) in [5.74, 6) is 0.523. The Balaban J connectivity index is 1.90. The van der Waals surface area contributed by atoms with Crippen LogP contribution in [0.4, 0.5) is 0 Å². The molecule has 2 N–H and O–H groups in total. The average molecular weight is 248 g/mol. The van der Waals surface area contributed by atoms with Gasteiger partial charge in [0.25, 0.3) is 0 Å². The number of aromatic nitrogens is 1. The molecule has 0 aromatic carbocycles. The molecule has 5 nitrogen and oxygen atoms in total. The van der Waals surface area contributed by atoms with Crippen molar-refractivity contribution in [2.45, 2.75) is 19.5 Å². The standard InChI is InChI=1S/C13H16N2O3/c1-9(12-4-3-7-18-12)14-8-10-5-6-11(15-10)13(16)17-2/h3-7,9,14-15H,8H2,1-2H3/t9-/m0/s1. The molecular formula is C13H16N2O3. The zero-order chi connectivity index (χ0) is 13.0. The Morgan fingerprint density at radius 3 is 3.00 bits per heavy atom. The van der Waals surface area contributed by atoms with E-state index in [-0.39, 0.29) is 12.0 Å². The maximum absolute atomic E-state index is 11.3. The number of rotatable bonds is 5. The van der Waals surface area contributed by atoms with Crippen molar-refractivity contribution in [3.8, 4) is 0 Å². The molecule has 0 aliphatic heterocycles. The maximum Gasteiger partial charge on any atom is 0.354 e. The van der Waals surface area contributed by atoms with Crippen molar-refractivity contribution >= 4 is 5.97 Å². The zero-order valence-corrected chi connectivity index (χ0v) is 10.4. The van der Waals surface area contributed by atoms with Crippen molar-refractivity contribution in [2.24, 2.45) is 0 Å². The van der Waals surface area contributed by atoms with Crippen molar-refractivity contribution < 1.29 is 13.9 Å². The lowest BCUT2D eigenvalue weighted by molar-refractivity contribution is 0.0594. The van der Waals surface area contributed by atoms with E-state index in [4.69, 9.17) is 4.42 Å². The fraction of sp³-hybridized carbons (Fsp3) is 0.308. The normalized spacial score (nSPS) is 12.3. The summed E-state index contributed by atoms with van der Waals surface area (Å²) in [7, 11) is 1.36. The first-order valence-electron chi connectivity index (χ1n) is 5.73. The second kappa shape index (κ2) is 5.55.